The van der Waals surface area contributed by atoms with Crippen LogP contribution < -0.4 is 0 Å². The van der Waals surface area contributed by atoms with Crippen molar-refractivity contribution in [1.29, 1.82) is 0 Å². The zero-order valence-electron chi connectivity index (χ0n) is 22.3. The van der Waals surface area contributed by atoms with Crippen LogP contribution in [0.2, 0.25) is 0 Å². The van der Waals surface area contributed by atoms with Crippen molar-refractivity contribution in [3.63, 3.8) is 0 Å². The summed E-state index contributed by atoms with van der Waals surface area (Å²) in [5.74, 6) is -3.10. The predicted octanol–water partition coefficient (Wildman–Crippen LogP) is 5.51. The van der Waals surface area contributed by atoms with Crippen LogP contribution in [-0.2, 0) is 9.53 Å². The zero-order chi connectivity index (χ0) is 26.0. The highest BCUT2D eigenvalue weighted by molar-refractivity contribution is 5.87. The Balaban J connectivity index is 2.31. The number of ketones is 1. The molecule has 1 saturated heterocycles. The van der Waals surface area contributed by atoms with Crippen molar-refractivity contribution in [2.45, 2.75) is 147 Å². The summed E-state index contributed by atoms with van der Waals surface area (Å²) >= 11 is 0. The van der Waals surface area contributed by atoms with Gasteiger partial charge in [0.25, 0.3) is 5.79 Å². The van der Waals surface area contributed by atoms with E-state index in [1.54, 1.807) is 0 Å². The van der Waals surface area contributed by atoms with Crippen molar-refractivity contribution in [3.8, 4) is 0 Å². The summed E-state index contributed by atoms with van der Waals surface area (Å²) < 4.78 is 5.29. The van der Waals surface area contributed by atoms with E-state index in [1.807, 2.05) is 0 Å². The van der Waals surface area contributed by atoms with Crippen LogP contribution in [0.4, 0.5) is 0 Å². The lowest BCUT2D eigenvalue weighted by Crippen LogP contribution is -2.73. The maximum atomic E-state index is 12.9. The molecule has 0 bridgehead atoms. The Morgan fingerprint density at radius 1 is 0.800 bits per heavy atom. The van der Waals surface area contributed by atoms with Gasteiger partial charge in [0.15, 0.2) is 11.4 Å². The average Bonchev–Trinajstić information content (AvgIpc) is 2.85. The fourth-order valence-electron chi connectivity index (χ4n) is 4.67. The summed E-state index contributed by atoms with van der Waals surface area (Å²) in [6.07, 6.45) is 21.0. The number of hydrogen-bond donors (Lipinski definition) is 4. The minimum Gasteiger partial charge on any atom is -0.388 e. The van der Waals surface area contributed by atoms with E-state index in [2.05, 4.69) is 38.2 Å². The van der Waals surface area contributed by atoms with Gasteiger partial charge in [-0.1, -0.05) is 95.9 Å². The Hall–Kier alpha value is -1.05. The molecule has 1 aliphatic rings. The third kappa shape index (κ3) is 10.8. The van der Waals surface area contributed by atoms with Gasteiger partial charge in [0.2, 0.25) is 0 Å². The minimum atomic E-state index is -2.48. The van der Waals surface area contributed by atoms with E-state index in [4.69, 9.17) is 4.74 Å². The lowest BCUT2D eigenvalue weighted by atomic mass is 9.75. The zero-order valence-corrected chi connectivity index (χ0v) is 22.3. The number of ether oxygens (including phenoxy) is 1. The summed E-state index contributed by atoms with van der Waals surface area (Å²) in [5.41, 5.74) is -2.20. The lowest BCUT2D eigenvalue weighted by molar-refractivity contribution is -0.348. The van der Waals surface area contributed by atoms with Gasteiger partial charge in [-0.05, 0) is 44.9 Å². The normalized spacial score (nSPS) is 27.3. The fourth-order valence-corrected chi connectivity index (χ4v) is 4.67. The van der Waals surface area contributed by atoms with Crippen molar-refractivity contribution >= 4 is 5.78 Å². The van der Waals surface area contributed by atoms with Crippen LogP contribution in [0.1, 0.15) is 123 Å². The van der Waals surface area contributed by atoms with Gasteiger partial charge in [0.1, 0.15) is 12.2 Å². The molecule has 0 aromatic rings. The smallest absolute Gasteiger partial charge is 0.259 e. The Morgan fingerprint density at radius 3 is 2.00 bits per heavy atom. The lowest BCUT2D eigenvalue weighted by Gasteiger charge is -2.49. The molecule has 0 aromatic carbocycles. The van der Waals surface area contributed by atoms with Crippen LogP contribution in [-0.4, -0.2) is 56.4 Å². The van der Waals surface area contributed by atoms with Gasteiger partial charge in [0.05, 0.1) is 6.61 Å². The molecule has 0 saturated carbocycles. The van der Waals surface area contributed by atoms with Crippen LogP contribution >= 0.6 is 0 Å². The number of allylic oxidation sites excluding steroid dienone is 4. The maximum absolute atomic E-state index is 12.9. The van der Waals surface area contributed by atoms with E-state index in [0.29, 0.717) is 12.8 Å². The second-order valence-corrected chi connectivity index (χ2v) is 10.1. The first-order valence-corrected chi connectivity index (χ1v) is 14.1. The van der Waals surface area contributed by atoms with E-state index in [-0.39, 0.29) is 19.4 Å². The number of unbranched alkanes of at least 4 members (excludes halogenated alkanes) is 11. The van der Waals surface area contributed by atoms with E-state index < -0.39 is 29.4 Å². The molecule has 6 heteroatoms. The van der Waals surface area contributed by atoms with Gasteiger partial charge in [-0.2, -0.15) is 0 Å². The molecular weight excluding hydrogens is 444 g/mol. The largest absolute Gasteiger partial charge is 0.388 e. The molecule has 1 heterocycles. The Morgan fingerprint density at radius 2 is 1.34 bits per heavy atom. The summed E-state index contributed by atoms with van der Waals surface area (Å²) in [6, 6.07) is 0. The van der Waals surface area contributed by atoms with Crippen molar-refractivity contribution in [1.82, 2.24) is 0 Å². The van der Waals surface area contributed by atoms with Crippen LogP contribution in [0, 0.1) is 0 Å². The molecule has 6 nitrogen and oxygen atoms in total. The van der Waals surface area contributed by atoms with E-state index in [1.165, 1.54) is 25.7 Å². The van der Waals surface area contributed by atoms with Gasteiger partial charge in [-0.25, -0.2) is 0 Å². The first kappa shape index (κ1) is 32.0. The molecule has 4 N–H and O–H groups in total. The topological polar surface area (TPSA) is 107 Å². The van der Waals surface area contributed by atoms with Gasteiger partial charge < -0.3 is 25.2 Å². The standard InChI is InChI=1S/C29H52O6/c1-3-5-7-9-10-11-12-13-14-15-16-17-18-19-20-22-26(31)29(34)28(33,23-21-8-6-4-2)27(32)25(30)24-35-29/h10-11,13-14,25,27,30,32-34H,3-9,12,15-24H2,1-2H3/b11-10-,14-13-/t25-,27+,28-,29?/m1/s1. The molecule has 0 aromatic heterocycles. The molecule has 0 amide bonds. The molecule has 35 heavy (non-hydrogen) atoms. The van der Waals surface area contributed by atoms with Crippen molar-refractivity contribution in [2.24, 2.45) is 0 Å². The number of aliphatic hydroxyl groups excluding tert-OH is 2. The van der Waals surface area contributed by atoms with Gasteiger partial charge >= 0.3 is 0 Å². The second-order valence-electron chi connectivity index (χ2n) is 10.1. The molecule has 0 radical (unpaired) electrons. The fraction of sp³-hybridized carbons (Fsp3) is 0.828. The number of carbonyl (C=O) groups is 1. The van der Waals surface area contributed by atoms with Gasteiger partial charge in [-0.15, -0.1) is 0 Å². The Bertz CT molecular complexity index is 618. The predicted molar refractivity (Wildman–Crippen MR) is 141 cm³/mol. The first-order valence-electron chi connectivity index (χ1n) is 14.1. The summed E-state index contributed by atoms with van der Waals surface area (Å²) in [6.45, 7) is 3.89. The van der Waals surface area contributed by atoms with Crippen LogP contribution in [0.15, 0.2) is 24.3 Å². The van der Waals surface area contributed by atoms with Crippen LogP contribution in [0.3, 0.4) is 0 Å². The molecule has 1 aliphatic heterocycles. The summed E-state index contributed by atoms with van der Waals surface area (Å²) in [5, 5.41) is 42.5. The minimum absolute atomic E-state index is 0.00433. The molecule has 0 aliphatic carbocycles. The van der Waals surface area contributed by atoms with Crippen molar-refractivity contribution in [3.05, 3.63) is 24.3 Å². The second kappa shape index (κ2) is 18.2. The van der Waals surface area contributed by atoms with Crippen LogP contribution in [0.25, 0.3) is 0 Å². The molecular formula is C29H52O6. The van der Waals surface area contributed by atoms with Gasteiger partial charge in [0, 0.05) is 6.42 Å². The highest BCUT2D eigenvalue weighted by Crippen LogP contribution is 2.39. The third-order valence-corrected chi connectivity index (χ3v) is 7.05. The van der Waals surface area contributed by atoms with E-state index in [0.717, 1.165) is 57.8 Å². The molecule has 204 valence electrons. The van der Waals surface area contributed by atoms with Crippen LogP contribution in [0.5, 0.6) is 0 Å². The number of hydrogen-bond acceptors (Lipinski definition) is 6. The average molecular weight is 497 g/mol. The van der Waals surface area contributed by atoms with Gasteiger partial charge in [-0.3, -0.25) is 4.79 Å². The third-order valence-electron chi connectivity index (χ3n) is 7.05. The molecule has 1 fully saturated rings. The maximum Gasteiger partial charge on any atom is 0.259 e. The first-order chi connectivity index (χ1) is 16.8. The highest BCUT2D eigenvalue weighted by atomic mass is 16.7. The van der Waals surface area contributed by atoms with E-state index >= 15 is 0 Å². The quantitative estimate of drug-likeness (QED) is 0.131. The Labute approximate surface area is 213 Å². The Kier molecular flexibility index (Phi) is 16.7. The number of rotatable bonds is 20. The molecule has 1 unspecified atom stereocenters. The molecule has 1 rings (SSSR count). The summed E-state index contributed by atoms with van der Waals surface area (Å²) in [4.78, 5) is 12.9. The monoisotopic (exact) mass is 496 g/mol. The van der Waals surface area contributed by atoms with E-state index in [9.17, 15) is 25.2 Å². The highest BCUT2D eigenvalue weighted by Gasteiger charge is 2.63. The number of carbonyl (C=O) groups excluding carboxylic acids is 1. The molecule has 0 spiro atoms. The van der Waals surface area contributed by atoms with Crippen molar-refractivity contribution in [2.75, 3.05) is 6.61 Å². The van der Waals surface area contributed by atoms with Crippen molar-refractivity contribution < 1.29 is 30.0 Å². The SMILES string of the molecule is CCCCC/C=C\C/C=C\CCCCCCCC(=O)C1(O)OC[C@@H](O)[C@H](O)[C@]1(O)CCCCCC. The number of aliphatic hydroxyl groups is 4. The number of Topliss-reactive ketones (excluding diaryl/α,β-unsaturated/α-hetero) is 1. The summed E-state index contributed by atoms with van der Waals surface area (Å²) in [7, 11) is 0. The molecule has 4 atom stereocenters.